The Bertz CT molecular complexity index is 727. The monoisotopic (exact) mass is 432 g/mol. The van der Waals surface area contributed by atoms with Crippen LogP contribution in [0.3, 0.4) is 0 Å². The van der Waals surface area contributed by atoms with Gasteiger partial charge in [-0.3, -0.25) is 4.79 Å². The first-order valence-electron chi connectivity index (χ1n) is 10.7. The van der Waals surface area contributed by atoms with Crippen LogP contribution in [0.25, 0.3) is 11.1 Å². The summed E-state index contributed by atoms with van der Waals surface area (Å²) in [5.74, 6) is 1.42. The molecule has 2 aromatic carbocycles. The fourth-order valence-corrected chi connectivity index (χ4v) is 4.10. The fourth-order valence-electron chi connectivity index (χ4n) is 2.97. The van der Waals surface area contributed by atoms with Crippen LogP contribution in [0.4, 0.5) is 0 Å². The summed E-state index contributed by atoms with van der Waals surface area (Å²) in [7, 11) is 0. The van der Waals surface area contributed by atoms with E-state index in [9.17, 15) is 4.79 Å². The maximum Gasteiger partial charge on any atom is 0.329 e. The van der Waals surface area contributed by atoms with Gasteiger partial charge in [-0.15, -0.1) is 23.4 Å². The van der Waals surface area contributed by atoms with Gasteiger partial charge in [-0.25, -0.2) is 0 Å². The topological polar surface area (TPSA) is 26.3 Å². The van der Waals surface area contributed by atoms with Gasteiger partial charge in [0, 0.05) is 4.90 Å². The molecule has 0 N–H and O–H groups in total. The van der Waals surface area contributed by atoms with Gasteiger partial charge in [-0.2, -0.15) is 0 Å². The Labute approximate surface area is 185 Å². The molecule has 0 saturated heterocycles. The van der Waals surface area contributed by atoms with Gasteiger partial charge >= 0.3 is 5.97 Å². The lowest BCUT2D eigenvalue weighted by Crippen LogP contribution is -2.26. The summed E-state index contributed by atoms with van der Waals surface area (Å²) in [4.78, 5) is 13.4. The average Bonchev–Trinajstić information content (AvgIpc) is 2.76. The molecule has 0 spiro atoms. The molecular weight excluding hydrogens is 400 g/mol. The van der Waals surface area contributed by atoms with E-state index in [-0.39, 0.29) is 11.9 Å². The lowest BCUT2D eigenvalue weighted by Gasteiger charge is -2.15. The van der Waals surface area contributed by atoms with Gasteiger partial charge < -0.3 is 4.74 Å². The number of ether oxygens (including phenoxy) is 1. The van der Waals surface area contributed by atoms with Crippen LogP contribution in [-0.2, 0) is 4.79 Å². The largest absolute Gasteiger partial charge is 0.425 e. The first-order chi connectivity index (χ1) is 14.0. The molecule has 0 bridgehead atoms. The van der Waals surface area contributed by atoms with Crippen LogP contribution in [0.15, 0.2) is 53.4 Å². The number of carbonyl (C=O) groups excluding carboxylic acids is 1. The minimum Gasteiger partial charge on any atom is -0.425 e. The zero-order valence-corrected chi connectivity index (χ0v) is 19.4. The van der Waals surface area contributed by atoms with Crippen molar-refractivity contribution in [2.24, 2.45) is 5.92 Å². The van der Waals surface area contributed by atoms with Gasteiger partial charge in [0.05, 0.1) is 0 Å². The van der Waals surface area contributed by atoms with Gasteiger partial charge in [0.25, 0.3) is 0 Å². The Morgan fingerprint density at radius 1 is 0.931 bits per heavy atom. The predicted molar refractivity (Wildman–Crippen MR) is 126 cm³/mol. The second kappa shape index (κ2) is 13.0. The van der Waals surface area contributed by atoms with E-state index in [0.29, 0.717) is 5.75 Å². The van der Waals surface area contributed by atoms with Crippen molar-refractivity contribution in [1.82, 2.24) is 0 Å². The van der Waals surface area contributed by atoms with Crippen LogP contribution < -0.4 is 4.74 Å². The standard InChI is InChI=1S/C25H33ClO2S/c1-4-6-7-8-9-18-29-23-16-12-21(13-17-23)20-10-14-22(15-11-20)28-25(27)24(26)19(3)5-2/h10-17,19,24H,4-9,18H2,1-3H3. The Balaban J connectivity index is 1.85. The van der Waals surface area contributed by atoms with Crippen molar-refractivity contribution >= 4 is 29.3 Å². The summed E-state index contributed by atoms with van der Waals surface area (Å²) >= 11 is 8.09. The first kappa shape index (κ1) is 23.8. The van der Waals surface area contributed by atoms with Crippen molar-refractivity contribution in [2.75, 3.05) is 5.75 Å². The quantitative estimate of drug-likeness (QED) is 0.112. The average molecular weight is 433 g/mol. The molecule has 4 heteroatoms. The highest BCUT2D eigenvalue weighted by molar-refractivity contribution is 7.99. The predicted octanol–water partition coefficient (Wildman–Crippen LogP) is 7.98. The number of hydrogen-bond donors (Lipinski definition) is 0. The number of alkyl halides is 1. The van der Waals surface area contributed by atoms with Crippen LogP contribution in [0.2, 0.25) is 0 Å². The van der Waals surface area contributed by atoms with Crippen molar-refractivity contribution in [3.8, 4) is 16.9 Å². The number of halogens is 1. The van der Waals surface area contributed by atoms with Crippen molar-refractivity contribution in [2.45, 2.75) is 69.6 Å². The minimum atomic E-state index is -0.614. The van der Waals surface area contributed by atoms with Crippen LogP contribution in [0.5, 0.6) is 5.75 Å². The molecule has 0 radical (unpaired) electrons. The Kier molecular flexibility index (Phi) is 10.7. The summed E-state index contributed by atoms with van der Waals surface area (Å²) in [6.07, 6.45) is 7.45. The zero-order chi connectivity index (χ0) is 21.1. The lowest BCUT2D eigenvalue weighted by molar-refractivity contribution is -0.134. The zero-order valence-electron chi connectivity index (χ0n) is 17.8. The Morgan fingerprint density at radius 2 is 1.52 bits per heavy atom. The van der Waals surface area contributed by atoms with E-state index in [1.54, 1.807) is 0 Å². The molecule has 158 valence electrons. The van der Waals surface area contributed by atoms with Crippen molar-refractivity contribution < 1.29 is 9.53 Å². The molecular formula is C25H33ClO2S. The second-order valence-electron chi connectivity index (χ2n) is 7.52. The second-order valence-corrected chi connectivity index (χ2v) is 9.16. The molecule has 0 aliphatic carbocycles. The molecule has 0 aliphatic rings. The number of benzene rings is 2. The number of rotatable bonds is 12. The fraction of sp³-hybridized carbons (Fsp3) is 0.480. The molecule has 2 atom stereocenters. The third-order valence-electron chi connectivity index (χ3n) is 5.15. The molecule has 0 fully saturated rings. The maximum absolute atomic E-state index is 12.1. The number of carbonyl (C=O) groups is 1. The van der Waals surface area contributed by atoms with Gasteiger partial charge in [-0.05, 0) is 53.5 Å². The molecule has 0 saturated carbocycles. The van der Waals surface area contributed by atoms with E-state index >= 15 is 0 Å². The van der Waals surface area contributed by atoms with Gasteiger partial charge in [-0.1, -0.05) is 77.1 Å². The van der Waals surface area contributed by atoms with Gasteiger partial charge in [0.2, 0.25) is 0 Å². The van der Waals surface area contributed by atoms with E-state index in [0.717, 1.165) is 17.5 Å². The highest BCUT2D eigenvalue weighted by atomic mass is 35.5. The lowest BCUT2D eigenvalue weighted by atomic mass is 10.0. The third-order valence-corrected chi connectivity index (χ3v) is 6.85. The Hall–Kier alpha value is -1.45. The molecule has 2 unspecified atom stereocenters. The van der Waals surface area contributed by atoms with Crippen LogP contribution in [-0.4, -0.2) is 17.1 Å². The number of hydrogen-bond acceptors (Lipinski definition) is 3. The van der Waals surface area contributed by atoms with Gasteiger partial charge in [0.1, 0.15) is 11.1 Å². The van der Waals surface area contributed by atoms with Crippen molar-refractivity contribution in [1.29, 1.82) is 0 Å². The third kappa shape index (κ3) is 8.06. The van der Waals surface area contributed by atoms with Crippen LogP contribution >= 0.6 is 23.4 Å². The minimum absolute atomic E-state index is 0.0937. The first-order valence-corrected chi connectivity index (χ1v) is 12.2. The normalized spacial score (nSPS) is 13.1. The van der Waals surface area contributed by atoms with Crippen LogP contribution in [0.1, 0.15) is 59.3 Å². The van der Waals surface area contributed by atoms with E-state index in [4.69, 9.17) is 16.3 Å². The SMILES string of the molecule is CCCCCCCSc1ccc(-c2ccc(OC(=O)C(Cl)C(C)CC)cc2)cc1. The summed E-state index contributed by atoms with van der Waals surface area (Å²) in [5.41, 5.74) is 2.26. The van der Waals surface area contributed by atoms with E-state index in [1.807, 2.05) is 49.9 Å². The highest BCUT2D eigenvalue weighted by Gasteiger charge is 2.23. The maximum atomic E-state index is 12.1. The summed E-state index contributed by atoms with van der Waals surface area (Å²) in [6, 6.07) is 16.3. The van der Waals surface area contributed by atoms with Gasteiger partial charge in [0.15, 0.2) is 0 Å². The molecule has 29 heavy (non-hydrogen) atoms. The van der Waals surface area contributed by atoms with Crippen molar-refractivity contribution in [3.05, 3.63) is 48.5 Å². The van der Waals surface area contributed by atoms with E-state index < -0.39 is 5.38 Å². The molecule has 0 heterocycles. The molecule has 2 rings (SSSR count). The molecule has 2 nitrogen and oxygen atoms in total. The van der Waals surface area contributed by atoms with E-state index in [2.05, 4.69) is 31.2 Å². The molecule has 0 amide bonds. The number of thioether (sulfide) groups is 1. The summed E-state index contributed by atoms with van der Waals surface area (Å²) < 4.78 is 5.41. The van der Waals surface area contributed by atoms with Crippen molar-refractivity contribution in [3.63, 3.8) is 0 Å². The molecule has 0 aromatic heterocycles. The van der Waals surface area contributed by atoms with E-state index in [1.165, 1.54) is 42.8 Å². The molecule has 2 aromatic rings. The summed E-state index contributed by atoms with van der Waals surface area (Å²) in [6.45, 7) is 6.22. The smallest absolute Gasteiger partial charge is 0.329 e. The molecule has 0 aliphatic heterocycles. The summed E-state index contributed by atoms with van der Waals surface area (Å²) in [5, 5.41) is -0.614. The Morgan fingerprint density at radius 3 is 2.10 bits per heavy atom. The van der Waals surface area contributed by atoms with Crippen LogP contribution in [0, 0.1) is 5.92 Å². The highest BCUT2D eigenvalue weighted by Crippen LogP contribution is 2.27. The number of esters is 1. The number of unbranched alkanes of at least 4 members (excludes halogenated alkanes) is 4.